The highest BCUT2D eigenvalue weighted by atomic mass is 16.3. The molecule has 2 N–H and O–H groups in total. The van der Waals surface area contributed by atoms with Crippen LogP contribution in [0, 0.1) is 5.92 Å². The Labute approximate surface area is 113 Å². The van der Waals surface area contributed by atoms with Crippen LogP contribution in [0.15, 0.2) is 60.7 Å². The first-order valence-corrected chi connectivity index (χ1v) is 6.69. The molecule has 0 saturated heterocycles. The second-order valence-corrected chi connectivity index (χ2v) is 5.33. The molecule has 2 aromatic rings. The Balaban J connectivity index is 1.99. The molecule has 1 aliphatic carbocycles. The largest absolute Gasteiger partial charge is 0.396 e. The van der Waals surface area contributed by atoms with E-state index in [1.165, 1.54) is 0 Å². The number of benzene rings is 2. The maximum absolute atomic E-state index is 11.0. The van der Waals surface area contributed by atoms with Crippen molar-refractivity contribution in [3.63, 3.8) is 0 Å². The maximum Gasteiger partial charge on any atom is 0.0972 e. The predicted octanol–water partition coefficient (Wildman–Crippen LogP) is 2.67. The second-order valence-electron chi connectivity index (χ2n) is 5.33. The van der Waals surface area contributed by atoms with Gasteiger partial charge in [-0.15, -0.1) is 0 Å². The van der Waals surface area contributed by atoms with Crippen molar-refractivity contribution in [1.82, 2.24) is 0 Å². The van der Waals surface area contributed by atoms with Gasteiger partial charge in [0.15, 0.2) is 0 Å². The molecule has 3 atom stereocenters. The minimum atomic E-state index is -0.851. The van der Waals surface area contributed by atoms with Gasteiger partial charge in [-0.25, -0.2) is 0 Å². The molecule has 1 aliphatic rings. The van der Waals surface area contributed by atoms with E-state index in [0.717, 1.165) is 11.1 Å². The normalized spacial score (nSPS) is 29.8. The summed E-state index contributed by atoms with van der Waals surface area (Å²) >= 11 is 0. The highest BCUT2D eigenvalue weighted by Gasteiger charge is 2.53. The van der Waals surface area contributed by atoms with E-state index >= 15 is 0 Å². The van der Waals surface area contributed by atoms with E-state index < -0.39 is 5.60 Å². The van der Waals surface area contributed by atoms with Crippen LogP contribution in [-0.2, 0) is 5.60 Å². The van der Waals surface area contributed by atoms with Crippen LogP contribution in [0.5, 0.6) is 0 Å². The second kappa shape index (κ2) is 4.80. The van der Waals surface area contributed by atoms with E-state index in [2.05, 4.69) is 0 Å². The van der Waals surface area contributed by atoms with Gasteiger partial charge >= 0.3 is 0 Å². The van der Waals surface area contributed by atoms with E-state index in [1.54, 1.807) is 0 Å². The van der Waals surface area contributed by atoms with Gasteiger partial charge in [0.2, 0.25) is 0 Å². The summed E-state index contributed by atoms with van der Waals surface area (Å²) in [6.07, 6.45) is 0.618. The Morgan fingerprint density at radius 2 is 1.53 bits per heavy atom. The molecule has 3 unspecified atom stereocenters. The monoisotopic (exact) mass is 254 g/mol. The molecule has 0 amide bonds. The van der Waals surface area contributed by atoms with Gasteiger partial charge in [0.05, 0.1) is 5.60 Å². The highest BCUT2D eigenvalue weighted by Crippen LogP contribution is 2.56. The van der Waals surface area contributed by atoms with Crippen LogP contribution >= 0.6 is 0 Å². The number of hydrogen-bond donors (Lipinski definition) is 2. The van der Waals surface area contributed by atoms with Crippen LogP contribution in [-0.4, -0.2) is 16.8 Å². The topological polar surface area (TPSA) is 40.5 Å². The minimum Gasteiger partial charge on any atom is -0.396 e. The van der Waals surface area contributed by atoms with Crippen LogP contribution in [0.4, 0.5) is 0 Å². The lowest BCUT2D eigenvalue weighted by molar-refractivity contribution is -0.120. The van der Waals surface area contributed by atoms with Crippen molar-refractivity contribution in [1.29, 1.82) is 0 Å². The fourth-order valence-corrected chi connectivity index (χ4v) is 3.28. The molecule has 1 saturated carbocycles. The molecule has 0 spiro atoms. The first kappa shape index (κ1) is 12.4. The summed E-state index contributed by atoms with van der Waals surface area (Å²) in [5.41, 5.74) is 1.18. The third-order valence-electron chi connectivity index (χ3n) is 4.23. The molecule has 2 heteroatoms. The summed E-state index contributed by atoms with van der Waals surface area (Å²) in [7, 11) is 0. The fraction of sp³-hybridized carbons (Fsp3) is 0.294. The molecule has 0 aromatic heterocycles. The van der Waals surface area contributed by atoms with Crippen LogP contribution in [0.2, 0.25) is 0 Å². The van der Waals surface area contributed by atoms with Gasteiger partial charge in [-0.05, 0) is 23.5 Å². The molecular formula is C17H18O2. The smallest absolute Gasteiger partial charge is 0.0972 e. The average molecular weight is 254 g/mol. The van der Waals surface area contributed by atoms with Crippen molar-refractivity contribution in [3.8, 4) is 0 Å². The first-order valence-electron chi connectivity index (χ1n) is 6.69. The lowest BCUT2D eigenvalue weighted by Gasteiger charge is -2.52. The fourth-order valence-electron chi connectivity index (χ4n) is 3.28. The van der Waals surface area contributed by atoms with Gasteiger partial charge in [0.25, 0.3) is 0 Å². The molecule has 2 aromatic carbocycles. The first-order chi connectivity index (χ1) is 9.25. The van der Waals surface area contributed by atoms with E-state index in [0.29, 0.717) is 6.42 Å². The van der Waals surface area contributed by atoms with Gasteiger partial charge in [0.1, 0.15) is 0 Å². The van der Waals surface area contributed by atoms with E-state index in [9.17, 15) is 10.2 Å². The Bertz CT molecular complexity index is 538. The number of hydrogen-bond acceptors (Lipinski definition) is 2. The standard InChI is InChI=1S/C17H18O2/c18-12-14-11-17(19,15-9-5-2-6-10-15)16(14)13-7-3-1-4-8-13/h1-10,14,16,18-19H,11-12H2. The molecular weight excluding hydrogens is 236 g/mol. The molecule has 98 valence electrons. The SMILES string of the molecule is OCC1CC(O)(c2ccccc2)C1c1ccccc1. The number of rotatable bonds is 3. The minimum absolute atomic E-state index is 0.0268. The third-order valence-corrected chi connectivity index (χ3v) is 4.23. The van der Waals surface area contributed by atoms with E-state index in [4.69, 9.17) is 0 Å². The summed E-state index contributed by atoms with van der Waals surface area (Å²) in [6.45, 7) is 0.120. The van der Waals surface area contributed by atoms with Gasteiger partial charge in [-0.1, -0.05) is 60.7 Å². The summed E-state index contributed by atoms with van der Waals surface area (Å²) < 4.78 is 0. The van der Waals surface area contributed by atoms with Gasteiger partial charge < -0.3 is 10.2 Å². The van der Waals surface area contributed by atoms with Crippen molar-refractivity contribution >= 4 is 0 Å². The summed E-state index contributed by atoms with van der Waals surface area (Å²) in [6, 6.07) is 19.8. The molecule has 0 radical (unpaired) electrons. The zero-order valence-electron chi connectivity index (χ0n) is 10.7. The third kappa shape index (κ3) is 1.97. The van der Waals surface area contributed by atoms with Crippen LogP contribution in [0.1, 0.15) is 23.5 Å². The van der Waals surface area contributed by atoms with Crippen LogP contribution in [0.3, 0.4) is 0 Å². The highest BCUT2D eigenvalue weighted by molar-refractivity contribution is 5.36. The molecule has 0 heterocycles. The summed E-state index contributed by atoms with van der Waals surface area (Å²) in [4.78, 5) is 0. The van der Waals surface area contributed by atoms with Gasteiger partial charge in [-0.3, -0.25) is 0 Å². The Morgan fingerprint density at radius 1 is 0.947 bits per heavy atom. The maximum atomic E-state index is 11.0. The quantitative estimate of drug-likeness (QED) is 0.884. The average Bonchev–Trinajstić information content (AvgIpc) is 2.46. The van der Waals surface area contributed by atoms with Crippen molar-refractivity contribution in [2.75, 3.05) is 6.61 Å². The molecule has 3 rings (SSSR count). The molecule has 0 bridgehead atoms. The summed E-state index contributed by atoms with van der Waals surface area (Å²) in [5, 5.41) is 20.5. The molecule has 0 aliphatic heterocycles. The zero-order chi connectivity index (χ0) is 13.3. The molecule has 19 heavy (non-hydrogen) atoms. The van der Waals surface area contributed by atoms with Gasteiger partial charge in [0, 0.05) is 12.5 Å². The van der Waals surface area contributed by atoms with Crippen LogP contribution < -0.4 is 0 Å². The number of aliphatic hydroxyl groups is 2. The van der Waals surface area contributed by atoms with Crippen molar-refractivity contribution in [2.24, 2.45) is 5.92 Å². The molecule has 1 fully saturated rings. The lowest BCUT2D eigenvalue weighted by Crippen LogP contribution is -2.50. The zero-order valence-corrected chi connectivity index (χ0v) is 10.7. The van der Waals surface area contributed by atoms with Crippen molar-refractivity contribution in [3.05, 3.63) is 71.8 Å². The number of aliphatic hydroxyl groups excluding tert-OH is 1. The Hall–Kier alpha value is -1.64. The van der Waals surface area contributed by atoms with Crippen molar-refractivity contribution < 1.29 is 10.2 Å². The molecule has 2 nitrogen and oxygen atoms in total. The van der Waals surface area contributed by atoms with E-state index in [1.807, 2.05) is 60.7 Å². The van der Waals surface area contributed by atoms with E-state index in [-0.39, 0.29) is 18.4 Å². The van der Waals surface area contributed by atoms with Crippen LogP contribution in [0.25, 0.3) is 0 Å². The predicted molar refractivity (Wildman–Crippen MR) is 74.7 cm³/mol. The summed E-state index contributed by atoms with van der Waals surface area (Å²) in [5.74, 6) is 0.105. The van der Waals surface area contributed by atoms with Gasteiger partial charge in [-0.2, -0.15) is 0 Å². The Kier molecular flexibility index (Phi) is 3.13. The lowest BCUT2D eigenvalue weighted by atomic mass is 9.56. The Morgan fingerprint density at radius 3 is 2.11 bits per heavy atom. The van der Waals surface area contributed by atoms with Crippen molar-refractivity contribution in [2.45, 2.75) is 17.9 Å².